The summed E-state index contributed by atoms with van der Waals surface area (Å²) in [5.41, 5.74) is 2.33. The molecule has 0 aromatic heterocycles. The smallest absolute Gasteiger partial charge is 0.260 e. The van der Waals surface area contributed by atoms with Crippen LogP contribution in [0, 0.1) is 5.82 Å². The van der Waals surface area contributed by atoms with Crippen molar-refractivity contribution in [3.05, 3.63) is 90.2 Å². The molecule has 184 valence electrons. The van der Waals surface area contributed by atoms with Gasteiger partial charge in [0.15, 0.2) is 6.61 Å². The van der Waals surface area contributed by atoms with E-state index in [2.05, 4.69) is 4.90 Å². The number of amides is 1. The monoisotopic (exact) mass is 497 g/mol. The molecule has 0 bridgehead atoms. The molecule has 0 radical (unpaired) electrons. The summed E-state index contributed by atoms with van der Waals surface area (Å²) in [5.74, 6) is 0.0999. The van der Waals surface area contributed by atoms with Gasteiger partial charge in [0.05, 0.1) is 18.5 Å². The van der Waals surface area contributed by atoms with Crippen LogP contribution in [0.3, 0.4) is 0 Å². The van der Waals surface area contributed by atoms with Crippen LogP contribution in [-0.4, -0.2) is 58.3 Å². The maximum Gasteiger partial charge on any atom is 0.260 e. The van der Waals surface area contributed by atoms with E-state index in [4.69, 9.17) is 4.74 Å². The molecule has 0 aliphatic carbocycles. The minimum absolute atomic E-state index is 0.101. The quantitative estimate of drug-likeness (QED) is 0.476. The van der Waals surface area contributed by atoms with Gasteiger partial charge in [0.1, 0.15) is 11.6 Å². The topological polar surface area (TPSA) is 70.2 Å². The number of rotatable bonds is 8. The van der Waals surface area contributed by atoms with Crippen LogP contribution in [-0.2, 0) is 21.4 Å². The summed E-state index contributed by atoms with van der Waals surface area (Å²) in [6.07, 6.45) is 1.18. The first-order valence-electron chi connectivity index (χ1n) is 11.3. The van der Waals surface area contributed by atoms with E-state index >= 15 is 0 Å². The van der Waals surface area contributed by atoms with Crippen LogP contribution in [0.4, 0.5) is 15.8 Å². The molecule has 3 aromatic rings. The van der Waals surface area contributed by atoms with Gasteiger partial charge in [0, 0.05) is 31.9 Å². The Morgan fingerprint density at radius 3 is 2.14 bits per heavy atom. The van der Waals surface area contributed by atoms with Crippen LogP contribution >= 0.6 is 0 Å². The number of carbonyl (C=O) groups is 1. The van der Waals surface area contributed by atoms with Crippen LogP contribution in [0.1, 0.15) is 5.56 Å². The molecule has 9 heteroatoms. The number of anilines is 2. The highest BCUT2D eigenvalue weighted by atomic mass is 32.2. The molecule has 0 spiro atoms. The van der Waals surface area contributed by atoms with Crippen LogP contribution in [0.5, 0.6) is 5.75 Å². The van der Waals surface area contributed by atoms with Gasteiger partial charge in [0.2, 0.25) is 10.0 Å². The average Bonchev–Trinajstić information content (AvgIpc) is 2.87. The van der Waals surface area contributed by atoms with Crippen molar-refractivity contribution in [3.8, 4) is 5.75 Å². The van der Waals surface area contributed by atoms with E-state index in [1.165, 1.54) is 22.7 Å². The van der Waals surface area contributed by atoms with Crippen molar-refractivity contribution in [1.82, 2.24) is 4.90 Å². The number of piperazine rings is 1. The van der Waals surface area contributed by atoms with Crippen molar-refractivity contribution in [2.75, 3.05) is 48.2 Å². The van der Waals surface area contributed by atoms with Gasteiger partial charge in [0.25, 0.3) is 5.91 Å². The number of halogens is 1. The Kier molecular flexibility index (Phi) is 7.55. The maximum atomic E-state index is 13.1. The fraction of sp³-hybridized carbons (Fsp3) is 0.269. The molecule has 1 aliphatic heterocycles. The summed E-state index contributed by atoms with van der Waals surface area (Å²) >= 11 is 0. The number of sulfonamides is 1. The number of hydrogen-bond acceptors (Lipinski definition) is 5. The van der Waals surface area contributed by atoms with Gasteiger partial charge in [-0.15, -0.1) is 0 Å². The van der Waals surface area contributed by atoms with Crippen molar-refractivity contribution in [1.29, 1.82) is 0 Å². The molecule has 35 heavy (non-hydrogen) atoms. The highest BCUT2D eigenvalue weighted by Gasteiger charge is 2.22. The lowest BCUT2D eigenvalue weighted by Crippen LogP contribution is -2.50. The molecular formula is C26H28FN3O4S. The van der Waals surface area contributed by atoms with Crippen molar-refractivity contribution >= 4 is 27.3 Å². The largest absolute Gasteiger partial charge is 0.484 e. The van der Waals surface area contributed by atoms with E-state index in [1.807, 2.05) is 30.3 Å². The second-order valence-corrected chi connectivity index (χ2v) is 10.3. The maximum absolute atomic E-state index is 13.1. The molecule has 4 rings (SSSR count). The average molecular weight is 498 g/mol. The number of nitrogens with zero attached hydrogens (tertiary/aromatic N) is 3. The number of benzene rings is 3. The summed E-state index contributed by atoms with van der Waals surface area (Å²) in [6.45, 7) is 2.56. The van der Waals surface area contributed by atoms with Gasteiger partial charge in [-0.3, -0.25) is 9.10 Å². The summed E-state index contributed by atoms with van der Waals surface area (Å²) in [4.78, 5) is 16.5. The van der Waals surface area contributed by atoms with E-state index in [9.17, 15) is 17.6 Å². The van der Waals surface area contributed by atoms with E-state index < -0.39 is 10.0 Å². The fourth-order valence-corrected chi connectivity index (χ4v) is 4.85. The van der Waals surface area contributed by atoms with E-state index in [0.717, 1.165) is 11.3 Å². The van der Waals surface area contributed by atoms with Crippen LogP contribution in [0.25, 0.3) is 0 Å². The molecule has 1 heterocycles. The van der Waals surface area contributed by atoms with Crippen molar-refractivity contribution in [3.63, 3.8) is 0 Å². The Hall–Kier alpha value is -3.59. The second-order valence-electron chi connectivity index (χ2n) is 8.38. The summed E-state index contributed by atoms with van der Waals surface area (Å²) in [7, 11) is -3.49. The molecule has 0 N–H and O–H groups in total. The third-order valence-corrected chi connectivity index (χ3v) is 7.02. The molecule has 1 fully saturated rings. The Labute approximate surface area is 205 Å². The highest BCUT2D eigenvalue weighted by molar-refractivity contribution is 7.92. The van der Waals surface area contributed by atoms with Gasteiger partial charge in [-0.05, 0) is 54.1 Å². The summed E-state index contributed by atoms with van der Waals surface area (Å²) in [5, 5.41) is 0. The van der Waals surface area contributed by atoms with Gasteiger partial charge < -0.3 is 14.5 Å². The number of carbonyl (C=O) groups excluding carboxylic acids is 1. The van der Waals surface area contributed by atoms with E-state index in [-0.39, 0.29) is 24.9 Å². The minimum atomic E-state index is -3.49. The Bertz CT molecular complexity index is 1230. The SMILES string of the molecule is CS(=O)(=O)N(Cc1ccccc1)c1ccc(OCC(=O)N2CCN(c3ccc(F)cc3)CC2)cc1. The van der Waals surface area contributed by atoms with Crippen molar-refractivity contribution < 1.29 is 22.3 Å². The lowest BCUT2D eigenvalue weighted by Gasteiger charge is -2.36. The van der Waals surface area contributed by atoms with Crippen LogP contribution in [0.2, 0.25) is 0 Å². The fourth-order valence-electron chi connectivity index (χ4n) is 3.96. The third kappa shape index (κ3) is 6.51. The Morgan fingerprint density at radius 1 is 0.914 bits per heavy atom. The zero-order chi connectivity index (χ0) is 24.8. The van der Waals surface area contributed by atoms with Gasteiger partial charge >= 0.3 is 0 Å². The molecular weight excluding hydrogens is 469 g/mol. The first-order chi connectivity index (χ1) is 16.8. The first-order valence-corrected chi connectivity index (χ1v) is 13.2. The normalized spacial score (nSPS) is 14.0. The van der Waals surface area contributed by atoms with E-state index in [0.29, 0.717) is 37.6 Å². The molecule has 7 nitrogen and oxygen atoms in total. The predicted molar refractivity (Wildman–Crippen MR) is 135 cm³/mol. The van der Waals surface area contributed by atoms with Crippen molar-refractivity contribution in [2.24, 2.45) is 0 Å². The van der Waals surface area contributed by atoms with E-state index in [1.54, 1.807) is 41.3 Å². The van der Waals surface area contributed by atoms with Crippen LogP contribution < -0.4 is 13.9 Å². The number of ether oxygens (including phenoxy) is 1. The zero-order valence-electron chi connectivity index (χ0n) is 19.5. The molecule has 0 saturated carbocycles. The molecule has 3 aromatic carbocycles. The molecule has 0 atom stereocenters. The predicted octanol–water partition coefficient (Wildman–Crippen LogP) is 3.52. The first kappa shape index (κ1) is 24.5. The Balaban J connectivity index is 1.30. The summed E-state index contributed by atoms with van der Waals surface area (Å²) in [6, 6.07) is 22.4. The molecule has 1 amide bonds. The molecule has 0 unspecified atom stereocenters. The Morgan fingerprint density at radius 2 is 1.54 bits per heavy atom. The highest BCUT2D eigenvalue weighted by Crippen LogP contribution is 2.24. The lowest BCUT2D eigenvalue weighted by atomic mass is 10.2. The third-order valence-electron chi connectivity index (χ3n) is 5.88. The number of hydrogen-bond donors (Lipinski definition) is 0. The van der Waals surface area contributed by atoms with Gasteiger partial charge in [-0.2, -0.15) is 0 Å². The minimum Gasteiger partial charge on any atom is -0.484 e. The van der Waals surface area contributed by atoms with Crippen molar-refractivity contribution in [2.45, 2.75) is 6.54 Å². The lowest BCUT2D eigenvalue weighted by molar-refractivity contribution is -0.133. The van der Waals surface area contributed by atoms with Gasteiger partial charge in [-0.25, -0.2) is 12.8 Å². The molecule has 1 saturated heterocycles. The van der Waals surface area contributed by atoms with Gasteiger partial charge in [-0.1, -0.05) is 30.3 Å². The zero-order valence-corrected chi connectivity index (χ0v) is 20.3. The second kappa shape index (κ2) is 10.8. The molecule has 1 aliphatic rings. The summed E-state index contributed by atoms with van der Waals surface area (Å²) < 4.78 is 44.9. The van der Waals surface area contributed by atoms with Crippen LogP contribution in [0.15, 0.2) is 78.9 Å². The standard InChI is InChI=1S/C26H28FN3O4S/c1-35(32,33)30(19-21-5-3-2-4-6-21)24-11-13-25(14-12-24)34-20-26(31)29-17-15-28(16-18-29)23-9-7-22(27)8-10-23/h2-14H,15-20H2,1H3.